The molecule has 0 aromatic carbocycles. The molecule has 1 heterocycles. The molecule has 1 saturated heterocycles. The summed E-state index contributed by atoms with van der Waals surface area (Å²) in [4.78, 5) is 10.6. The molecule has 0 aromatic heterocycles. The minimum absolute atomic E-state index is 0.197. The number of carbonyl (C=O) groups is 1. The fraction of sp³-hybridized carbons (Fsp3) is 0.833. The van der Waals surface area contributed by atoms with E-state index < -0.39 is 5.67 Å². The highest BCUT2D eigenvalue weighted by molar-refractivity contribution is 5.85. The van der Waals surface area contributed by atoms with Crippen LogP contribution in [0.3, 0.4) is 0 Å². The Morgan fingerprint density at radius 2 is 2.44 bits per heavy atom. The molecule has 52 valence electrons. The number of Topliss-reactive ketones (excluding diaryl/α,β-unsaturated/α-hetero) is 1. The van der Waals surface area contributed by atoms with Gasteiger partial charge in [0.05, 0.1) is 0 Å². The van der Waals surface area contributed by atoms with E-state index >= 15 is 0 Å². The van der Waals surface area contributed by atoms with Crippen LogP contribution in [0.1, 0.15) is 13.3 Å². The highest BCUT2D eigenvalue weighted by atomic mass is 19.1. The number of rotatable bonds is 1. The summed E-state index contributed by atoms with van der Waals surface area (Å²) < 4.78 is 13.0. The van der Waals surface area contributed by atoms with Crippen LogP contribution in [0.15, 0.2) is 0 Å². The molecule has 0 spiro atoms. The largest absolute Gasteiger partial charge is 0.313 e. The van der Waals surface area contributed by atoms with Gasteiger partial charge in [-0.15, -0.1) is 0 Å². The van der Waals surface area contributed by atoms with Crippen LogP contribution in [0, 0.1) is 0 Å². The Hall–Kier alpha value is -0.440. The normalized spacial score (nSPS) is 34.9. The van der Waals surface area contributed by atoms with Gasteiger partial charge in [0.25, 0.3) is 0 Å². The van der Waals surface area contributed by atoms with Crippen molar-refractivity contribution in [2.24, 2.45) is 0 Å². The summed E-state index contributed by atoms with van der Waals surface area (Å²) in [6.07, 6.45) is 0.336. The average Bonchev–Trinajstić information content (AvgIpc) is 2.16. The van der Waals surface area contributed by atoms with Gasteiger partial charge in [0.1, 0.15) is 0 Å². The highest BCUT2D eigenvalue weighted by Gasteiger charge is 2.38. The molecule has 1 N–H and O–H groups in total. The Bertz CT molecular complexity index is 129. The monoisotopic (exact) mass is 131 g/mol. The Kier molecular flexibility index (Phi) is 1.53. The molecule has 1 atom stereocenters. The number of carbonyl (C=O) groups excluding carboxylic acids is 1. The van der Waals surface area contributed by atoms with E-state index in [0.717, 1.165) is 0 Å². The van der Waals surface area contributed by atoms with Gasteiger partial charge in [-0.1, -0.05) is 0 Å². The molecule has 0 amide bonds. The summed E-state index contributed by atoms with van der Waals surface area (Å²) in [5.74, 6) is -0.354. The molecule has 9 heavy (non-hydrogen) atoms. The first-order valence-corrected chi connectivity index (χ1v) is 3.06. The van der Waals surface area contributed by atoms with Crippen LogP contribution >= 0.6 is 0 Å². The molecule has 1 aliphatic rings. The number of nitrogens with one attached hydrogen (secondary N) is 1. The molecule has 1 unspecified atom stereocenters. The molecular formula is C6H10FNO. The lowest BCUT2D eigenvalue weighted by Gasteiger charge is -2.11. The predicted molar refractivity (Wildman–Crippen MR) is 32.0 cm³/mol. The number of ketones is 1. The molecule has 0 saturated carbocycles. The van der Waals surface area contributed by atoms with Crippen molar-refractivity contribution in [1.29, 1.82) is 0 Å². The molecule has 1 fully saturated rings. The number of hydrogen-bond acceptors (Lipinski definition) is 2. The van der Waals surface area contributed by atoms with Crippen molar-refractivity contribution in [3.63, 3.8) is 0 Å². The standard InChI is InChI=1S/C6H10FNO/c1-5(9)6(7)2-3-8-4-6/h8H,2-4H2,1H3. The Morgan fingerprint density at radius 3 is 2.67 bits per heavy atom. The second-order valence-corrected chi connectivity index (χ2v) is 2.45. The Morgan fingerprint density at radius 1 is 1.78 bits per heavy atom. The van der Waals surface area contributed by atoms with E-state index in [1.165, 1.54) is 6.92 Å². The lowest BCUT2D eigenvalue weighted by Crippen LogP contribution is -2.33. The van der Waals surface area contributed by atoms with Gasteiger partial charge in [0, 0.05) is 13.0 Å². The van der Waals surface area contributed by atoms with E-state index in [9.17, 15) is 9.18 Å². The van der Waals surface area contributed by atoms with Crippen LogP contribution in [-0.2, 0) is 4.79 Å². The van der Waals surface area contributed by atoms with Gasteiger partial charge in [-0.2, -0.15) is 0 Å². The maximum Gasteiger partial charge on any atom is 0.181 e. The zero-order chi connectivity index (χ0) is 6.91. The Balaban J connectivity index is 2.61. The molecule has 1 rings (SSSR count). The van der Waals surface area contributed by atoms with Gasteiger partial charge in [-0.05, 0) is 13.5 Å². The van der Waals surface area contributed by atoms with Crippen molar-refractivity contribution in [2.75, 3.05) is 13.1 Å². The molecular weight excluding hydrogens is 121 g/mol. The maximum atomic E-state index is 13.0. The van der Waals surface area contributed by atoms with Crippen LogP contribution in [-0.4, -0.2) is 24.5 Å². The first-order chi connectivity index (χ1) is 4.15. The molecule has 0 aliphatic carbocycles. The second kappa shape index (κ2) is 2.06. The van der Waals surface area contributed by atoms with Gasteiger partial charge in [-0.3, -0.25) is 4.79 Å². The highest BCUT2D eigenvalue weighted by Crippen LogP contribution is 2.19. The summed E-state index contributed by atoms with van der Waals surface area (Å²) in [7, 11) is 0. The lowest BCUT2D eigenvalue weighted by molar-refractivity contribution is -0.127. The van der Waals surface area contributed by atoms with Crippen molar-refractivity contribution in [3.8, 4) is 0 Å². The fourth-order valence-electron chi connectivity index (χ4n) is 0.962. The van der Waals surface area contributed by atoms with Crippen LogP contribution in [0.4, 0.5) is 4.39 Å². The van der Waals surface area contributed by atoms with Crippen LogP contribution in [0.5, 0.6) is 0 Å². The zero-order valence-electron chi connectivity index (χ0n) is 5.41. The van der Waals surface area contributed by atoms with E-state index in [0.29, 0.717) is 13.0 Å². The first kappa shape index (κ1) is 6.68. The number of halogens is 1. The van der Waals surface area contributed by atoms with Crippen LogP contribution in [0.25, 0.3) is 0 Å². The summed E-state index contributed by atoms with van der Waals surface area (Å²) in [6.45, 7) is 2.12. The molecule has 0 aromatic rings. The maximum absolute atomic E-state index is 13.0. The van der Waals surface area contributed by atoms with Crippen molar-refractivity contribution < 1.29 is 9.18 Å². The molecule has 1 aliphatic heterocycles. The third-order valence-corrected chi connectivity index (χ3v) is 1.73. The third kappa shape index (κ3) is 1.10. The predicted octanol–water partition coefficient (Wildman–Crippen LogP) is 0.277. The number of alkyl halides is 1. The van der Waals surface area contributed by atoms with Crippen LogP contribution in [0.2, 0.25) is 0 Å². The van der Waals surface area contributed by atoms with Gasteiger partial charge in [-0.25, -0.2) is 4.39 Å². The van der Waals surface area contributed by atoms with Crippen LogP contribution < -0.4 is 5.32 Å². The topological polar surface area (TPSA) is 29.1 Å². The quantitative estimate of drug-likeness (QED) is 0.553. The van der Waals surface area contributed by atoms with Gasteiger partial charge in [0.15, 0.2) is 11.5 Å². The summed E-state index contributed by atoms with van der Waals surface area (Å²) in [6, 6.07) is 0. The Labute approximate surface area is 53.4 Å². The molecule has 0 radical (unpaired) electrons. The smallest absolute Gasteiger partial charge is 0.181 e. The van der Waals surface area contributed by atoms with Gasteiger partial charge in [0.2, 0.25) is 0 Å². The summed E-state index contributed by atoms with van der Waals surface area (Å²) in [5, 5.41) is 2.80. The van der Waals surface area contributed by atoms with E-state index in [-0.39, 0.29) is 12.3 Å². The minimum atomic E-state index is -1.56. The molecule has 0 bridgehead atoms. The zero-order valence-corrected chi connectivity index (χ0v) is 5.41. The fourth-order valence-corrected chi connectivity index (χ4v) is 0.962. The lowest BCUT2D eigenvalue weighted by atomic mass is 10.0. The van der Waals surface area contributed by atoms with E-state index in [4.69, 9.17) is 0 Å². The first-order valence-electron chi connectivity index (χ1n) is 3.06. The summed E-state index contributed by atoms with van der Waals surface area (Å²) >= 11 is 0. The van der Waals surface area contributed by atoms with E-state index in [1.54, 1.807) is 0 Å². The van der Waals surface area contributed by atoms with Gasteiger partial charge >= 0.3 is 0 Å². The second-order valence-electron chi connectivity index (χ2n) is 2.45. The van der Waals surface area contributed by atoms with E-state index in [2.05, 4.69) is 5.32 Å². The van der Waals surface area contributed by atoms with Crippen molar-refractivity contribution in [2.45, 2.75) is 19.0 Å². The van der Waals surface area contributed by atoms with Gasteiger partial charge < -0.3 is 5.32 Å². The van der Waals surface area contributed by atoms with Crippen molar-refractivity contribution in [3.05, 3.63) is 0 Å². The summed E-state index contributed by atoms with van der Waals surface area (Å²) in [5.41, 5.74) is -1.56. The number of hydrogen-bond donors (Lipinski definition) is 1. The van der Waals surface area contributed by atoms with Crippen molar-refractivity contribution >= 4 is 5.78 Å². The molecule has 2 nitrogen and oxygen atoms in total. The average molecular weight is 131 g/mol. The third-order valence-electron chi connectivity index (χ3n) is 1.73. The van der Waals surface area contributed by atoms with Crippen molar-refractivity contribution in [1.82, 2.24) is 5.32 Å². The minimum Gasteiger partial charge on any atom is -0.313 e. The molecule has 3 heteroatoms. The van der Waals surface area contributed by atoms with E-state index in [1.807, 2.05) is 0 Å². The SMILES string of the molecule is CC(=O)C1(F)CCNC1.